The molecule has 3 rings (SSSR count). The third-order valence-electron chi connectivity index (χ3n) is 2.98. The number of benzene rings is 1. The number of nitrogens with zero attached hydrogens (tertiary/aromatic N) is 4. The number of aromatic nitrogens is 4. The van der Waals surface area contributed by atoms with Crippen molar-refractivity contribution in [1.82, 2.24) is 20.2 Å². The van der Waals surface area contributed by atoms with Gasteiger partial charge in [-0.25, -0.2) is 4.98 Å². The highest BCUT2D eigenvalue weighted by molar-refractivity contribution is 5.93. The maximum Gasteiger partial charge on any atom is 0.239 e. The van der Waals surface area contributed by atoms with Crippen LogP contribution in [0.5, 0.6) is 5.88 Å². The van der Waals surface area contributed by atoms with E-state index in [-0.39, 0.29) is 29.7 Å². The fourth-order valence-electron chi connectivity index (χ4n) is 1.93. The molecule has 2 heterocycles. The predicted molar refractivity (Wildman–Crippen MR) is 82.3 cm³/mol. The average molecular weight is 306 g/mol. The largest absolute Gasteiger partial charge is 0.492 e. The molecule has 0 aliphatic heterocycles. The number of amides is 1. The monoisotopic (exact) mass is 306 g/mol. The highest BCUT2D eigenvalue weighted by Crippen LogP contribution is 2.22. The van der Waals surface area contributed by atoms with Crippen molar-refractivity contribution in [2.45, 2.75) is 6.42 Å². The van der Waals surface area contributed by atoms with Gasteiger partial charge in [0.25, 0.3) is 0 Å². The van der Waals surface area contributed by atoms with Crippen LogP contribution >= 0.6 is 0 Å². The van der Waals surface area contributed by atoms with E-state index in [1.165, 1.54) is 12.4 Å². The zero-order chi connectivity index (χ0) is 16.1. The van der Waals surface area contributed by atoms with Crippen LogP contribution in [0.15, 0.2) is 48.8 Å². The van der Waals surface area contributed by atoms with Gasteiger partial charge in [0.1, 0.15) is 11.4 Å². The molecule has 0 bridgehead atoms. The van der Waals surface area contributed by atoms with Crippen molar-refractivity contribution >= 4 is 11.6 Å². The standard InChI is InChI=1S/C16H12N5O2/c22-14(9-11-5-2-1-3-6-11)19-13-10-17-15(20-16(13)23)12-7-4-8-18-21-12/h1-2,4-8,10H,9H2,(H,19,22)(H,17,20,23). The molecule has 0 fully saturated rings. The van der Waals surface area contributed by atoms with E-state index in [0.29, 0.717) is 5.69 Å². The van der Waals surface area contributed by atoms with Gasteiger partial charge in [0.2, 0.25) is 11.8 Å². The minimum atomic E-state index is -0.325. The molecule has 2 aromatic heterocycles. The van der Waals surface area contributed by atoms with E-state index < -0.39 is 0 Å². The van der Waals surface area contributed by atoms with E-state index >= 15 is 0 Å². The van der Waals surface area contributed by atoms with Crippen LogP contribution in [0.25, 0.3) is 11.5 Å². The highest BCUT2D eigenvalue weighted by Gasteiger charge is 2.12. The van der Waals surface area contributed by atoms with Crippen LogP contribution in [0.3, 0.4) is 0 Å². The van der Waals surface area contributed by atoms with E-state index in [1.54, 1.807) is 30.3 Å². The first-order chi connectivity index (χ1) is 11.2. The molecular formula is C16H12N5O2. The Kier molecular flexibility index (Phi) is 4.19. The summed E-state index contributed by atoms with van der Waals surface area (Å²) in [5.41, 5.74) is 1.39. The van der Waals surface area contributed by atoms with E-state index in [1.807, 2.05) is 6.07 Å². The Hall–Kier alpha value is -3.35. The van der Waals surface area contributed by atoms with Gasteiger partial charge in [-0.3, -0.25) is 4.79 Å². The Morgan fingerprint density at radius 3 is 2.91 bits per heavy atom. The summed E-state index contributed by atoms with van der Waals surface area (Å²) in [5, 5.41) is 20.1. The number of anilines is 1. The first-order valence-electron chi connectivity index (χ1n) is 6.81. The number of carbonyl (C=O) groups excluding carboxylic acids is 1. The van der Waals surface area contributed by atoms with Crippen LogP contribution in [-0.4, -0.2) is 31.2 Å². The number of hydrogen-bond acceptors (Lipinski definition) is 6. The molecule has 0 spiro atoms. The molecule has 7 heteroatoms. The fourth-order valence-corrected chi connectivity index (χ4v) is 1.93. The Bertz CT molecular complexity index is 809. The van der Waals surface area contributed by atoms with Crippen molar-refractivity contribution in [3.05, 3.63) is 60.4 Å². The Morgan fingerprint density at radius 2 is 2.22 bits per heavy atom. The Morgan fingerprint density at radius 1 is 1.30 bits per heavy atom. The summed E-state index contributed by atoms with van der Waals surface area (Å²) >= 11 is 0. The van der Waals surface area contributed by atoms with Gasteiger partial charge < -0.3 is 10.4 Å². The zero-order valence-electron chi connectivity index (χ0n) is 12.0. The molecule has 7 nitrogen and oxygen atoms in total. The number of aromatic hydroxyl groups is 1. The molecule has 0 unspecified atom stereocenters. The van der Waals surface area contributed by atoms with Gasteiger partial charge in [-0.1, -0.05) is 24.3 Å². The molecule has 113 valence electrons. The third-order valence-corrected chi connectivity index (χ3v) is 2.98. The van der Waals surface area contributed by atoms with Gasteiger partial charge >= 0.3 is 0 Å². The second-order valence-corrected chi connectivity index (χ2v) is 4.68. The molecular weight excluding hydrogens is 294 g/mol. The second kappa shape index (κ2) is 6.61. The van der Waals surface area contributed by atoms with Crippen LogP contribution < -0.4 is 5.32 Å². The molecule has 1 radical (unpaired) electrons. The van der Waals surface area contributed by atoms with Gasteiger partial charge in [0.15, 0.2) is 5.82 Å². The molecule has 3 aromatic rings. The molecule has 0 atom stereocenters. The number of carbonyl (C=O) groups is 1. The minimum Gasteiger partial charge on any atom is -0.492 e. The lowest BCUT2D eigenvalue weighted by molar-refractivity contribution is -0.115. The molecule has 1 amide bonds. The van der Waals surface area contributed by atoms with Gasteiger partial charge in [-0.15, -0.1) is 5.10 Å². The molecule has 0 saturated carbocycles. The smallest absolute Gasteiger partial charge is 0.239 e. The van der Waals surface area contributed by atoms with Crippen molar-refractivity contribution in [2.75, 3.05) is 5.32 Å². The Labute approximate surface area is 132 Å². The first kappa shape index (κ1) is 14.6. The van der Waals surface area contributed by atoms with Gasteiger partial charge in [-0.05, 0) is 23.8 Å². The second-order valence-electron chi connectivity index (χ2n) is 4.68. The minimum absolute atomic E-state index is 0.141. The van der Waals surface area contributed by atoms with Crippen molar-refractivity contribution in [2.24, 2.45) is 0 Å². The van der Waals surface area contributed by atoms with Crippen molar-refractivity contribution in [3.63, 3.8) is 0 Å². The number of hydrogen-bond donors (Lipinski definition) is 2. The third kappa shape index (κ3) is 3.65. The maximum atomic E-state index is 12.0. The molecule has 1 aromatic carbocycles. The summed E-state index contributed by atoms with van der Waals surface area (Å²) in [6.45, 7) is 0. The molecule has 23 heavy (non-hydrogen) atoms. The predicted octanol–water partition coefficient (Wildman–Crippen LogP) is 1.62. The summed E-state index contributed by atoms with van der Waals surface area (Å²) in [4.78, 5) is 20.0. The lowest BCUT2D eigenvalue weighted by Crippen LogP contribution is -2.15. The van der Waals surface area contributed by atoms with Gasteiger partial charge in [-0.2, -0.15) is 10.1 Å². The van der Waals surface area contributed by atoms with Crippen molar-refractivity contribution in [3.8, 4) is 17.4 Å². The summed E-state index contributed by atoms with van der Waals surface area (Å²) in [5.74, 6) is -0.379. The quantitative estimate of drug-likeness (QED) is 0.759. The van der Waals surface area contributed by atoms with Crippen LogP contribution in [0, 0.1) is 6.07 Å². The van der Waals surface area contributed by atoms with Crippen LogP contribution in [0.4, 0.5) is 5.69 Å². The lowest BCUT2D eigenvalue weighted by atomic mass is 10.1. The number of rotatable bonds is 4. The van der Waals surface area contributed by atoms with E-state index in [4.69, 9.17) is 0 Å². The average Bonchev–Trinajstić information content (AvgIpc) is 2.58. The van der Waals surface area contributed by atoms with Crippen LogP contribution in [0.1, 0.15) is 5.56 Å². The van der Waals surface area contributed by atoms with E-state index in [9.17, 15) is 9.90 Å². The van der Waals surface area contributed by atoms with Gasteiger partial charge in [0, 0.05) is 6.20 Å². The lowest BCUT2D eigenvalue weighted by Gasteiger charge is -2.07. The summed E-state index contributed by atoms with van der Waals surface area (Å²) < 4.78 is 0. The van der Waals surface area contributed by atoms with Crippen molar-refractivity contribution < 1.29 is 9.90 Å². The molecule has 0 aliphatic carbocycles. The van der Waals surface area contributed by atoms with Crippen LogP contribution in [-0.2, 0) is 11.2 Å². The van der Waals surface area contributed by atoms with E-state index in [2.05, 4.69) is 31.5 Å². The highest BCUT2D eigenvalue weighted by atomic mass is 16.3. The Balaban J connectivity index is 1.73. The maximum absolute atomic E-state index is 12.0. The molecule has 0 aliphatic rings. The fraction of sp³-hybridized carbons (Fsp3) is 0.0625. The summed E-state index contributed by atoms with van der Waals surface area (Å²) in [7, 11) is 0. The molecule has 2 N–H and O–H groups in total. The summed E-state index contributed by atoms with van der Waals surface area (Å²) in [6, 6.07) is 13.4. The van der Waals surface area contributed by atoms with Gasteiger partial charge in [0.05, 0.1) is 12.6 Å². The summed E-state index contributed by atoms with van der Waals surface area (Å²) in [6.07, 6.45) is 3.03. The number of nitrogens with one attached hydrogen (secondary N) is 1. The zero-order valence-corrected chi connectivity index (χ0v) is 12.0. The normalized spacial score (nSPS) is 10.3. The van der Waals surface area contributed by atoms with Crippen molar-refractivity contribution in [1.29, 1.82) is 0 Å². The van der Waals surface area contributed by atoms with Crippen LogP contribution in [0.2, 0.25) is 0 Å². The van der Waals surface area contributed by atoms with E-state index in [0.717, 1.165) is 5.56 Å². The topological polar surface area (TPSA) is 101 Å². The SMILES string of the molecule is O=C(Cc1c[c]ccc1)Nc1cnc(-c2cccnn2)nc1O. The first-order valence-corrected chi connectivity index (χ1v) is 6.81. The molecule has 0 saturated heterocycles.